The Morgan fingerprint density at radius 3 is 2.50 bits per heavy atom. The summed E-state index contributed by atoms with van der Waals surface area (Å²) in [5, 5.41) is 0. The van der Waals surface area contributed by atoms with Crippen molar-refractivity contribution in [1.29, 1.82) is 0 Å². The van der Waals surface area contributed by atoms with Crippen molar-refractivity contribution in [3.05, 3.63) is 30.1 Å². The van der Waals surface area contributed by atoms with Crippen molar-refractivity contribution in [2.45, 2.75) is 12.8 Å². The number of rotatable bonds is 4. The minimum absolute atomic E-state index is 0.0350. The van der Waals surface area contributed by atoms with E-state index in [4.69, 9.17) is 4.74 Å². The Balaban J connectivity index is 1.55. The van der Waals surface area contributed by atoms with Crippen LogP contribution in [0, 0.1) is 11.7 Å². The van der Waals surface area contributed by atoms with Crippen LogP contribution in [0.3, 0.4) is 0 Å². The number of hydrogen-bond acceptors (Lipinski definition) is 4. The average Bonchev–Trinajstić information content (AvgIpc) is 3.02. The summed E-state index contributed by atoms with van der Waals surface area (Å²) < 4.78 is 18.6. The number of amides is 3. The molecular formula is C18H22FN3O4. The second-order valence-corrected chi connectivity index (χ2v) is 6.49. The topological polar surface area (TPSA) is 70.2 Å². The van der Waals surface area contributed by atoms with E-state index >= 15 is 0 Å². The van der Waals surface area contributed by atoms with Gasteiger partial charge in [0.15, 0.2) is 0 Å². The summed E-state index contributed by atoms with van der Waals surface area (Å²) in [7, 11) is 1.36. The number of piperidine rings is 1. The van der Waals surface area contributed by atoms with Gasteiger partial charge in [-0.1, -0.05) is 12.1 Å². The summed E-state index contributed by atoms with van der Waals surface area (Å²) in [6.07, 6.45) is 1.13. The number of benzene rings is 1. The number of carbonyl (C=O) groups is 3. The Kier molecular flexibility index (Phi) is 5.39. The zero-order chi connectivity index (χ0) is 18.7. The van der Waals surface area contributed by atoms with Crippen molar-refractivity contribution in [3.8, 4) is 0 Å². The Morgan fingerprint density at radius 1 is 1.15 bits per heavy atom. The first kappa shape index (κ1) is 18.2. The first-order valence-corrected chi connectivity index (χ1v) is 8.68. The highest BCUT2D eigenvalue weighted by Gasteiger charge is 2.34. The lowest BCUT2D eigenvalue weighted by Crippen LogP contribution is -2.46. The number of hydrogen-bond donors (Lipinski definition) is 0. The molecule has 8 heteroatoms. The first-order valence-electron chi connectivity index (χ1n) is 8.68. The van der Waals surface area contributed by atoms with E-state index < -0.39 is 5.82 Å². The van der Waals surface area contributed by atoms with E-state index in [0.717, 1.165) is 0 Å². The third-order valence-electron chi connectivity index (χ3n) is 4.95. The maximum atomic E-state index is 13.9. The largest absolute Gasteiger partial charge is 0.469 e. The van der Waals surface area contributed by atoms with Crippen LogP contribution in [0.15, 0.2) is 24.3 Å². The molecule has 140 valence electrons. The van der Waals surface area contributed by atoms with Gasteiger partial charge in [-0.15, -0.1) is 0 Å². The quantitative estimate of drug-likeness (QED) is 0.760. The minimum Gasteiger partial charge on any atom is -0.469 e. The SMILES string of the molecule is COC(=O)C1CCN(C(=O)CN2CCN(c3ccccc3F)C2=O)CC1. The maximum Gasteiger partial charge on any atom is 0.325 e. The van der Waals surface area contributed by atoms with Gasteiger partial charge in [-0.05, 0) is 25.0 Å². The number of urea groups is 1. The number of likely N-dealkylation sites (tertiary alicyclic amines) is 1. The molecule has 7 nitrogen and oxygen atoms in total. The molecular weight excluding hydrogens is 341 g/mol. The highest BCUT2D eigenvalue weighted by Crippen LogP contribution is 2.24. The summed E-state index contributed by atoms with van der Waals surface area (Å²) in [4.78, 5) is 41.0. The van der Waals surface area contributed by atoms with Gasteiger partial charge in [0.25, 0.3) is 0 Å². The molecule has 3 rings (SSSR count). The zero-order valence-corrected chi connectivity index (χ0v) is 14.7. The van der Waals surface area contributed by atoms with E-state index in [9.17, 15) is 18.8 Å². The highest BCUT2D eigenvalue weighted by atomic mass is 19.1. The van der Waals surface area contributed by atoms with Crippen molar-refractivity contribution in [2.75, 3.05) is 44.7 Å². The van der Waals surface area contributed by atoms with Crippen LogP contribution in [0.1, 0.15) is 12.8 Å². The molecule has 0 aliphatic carbocycles. The lowest BCUT2D eigenvalue weighted by Gasteiger charge is -2.31. The van der Waals surface area contributed by atoms with E-state index in [1.807, 2.05) is 0 Å². The van der Waals surface area contributed by atoms with Crippen LogP contribution in [0.4, 0.5) is 14.9 Å². The van der Waals surface area contributed by atoms with Crippen molar-refractivity contribution < 1.29 is 23.5 Å². The molecule has 0 bridgehead atoms. The van der Waals surface area contributed by atoms with Crippen molar-refractivity contribution in [3.63, 3.8) is 0 Å². The third kappa shape index (κ3) is 3.63. The number of halogens is 1. The highest BCUT2D eigenvalue weighted by molar-refractivity contribution is 5.96. The molecule has 1 aromatic carbocycles. The Labute approximate surface area is 151 Å². The smallest absolute Gasteiger partial charge is 0.325 e. The van der Waals surface area contributed by atoms with Crippen LogP contribution < -0.4 is 4.90 Å². The molecule has 2 aliphatic rings. The summed E-state index contributed by atoms with van der Waals surface area (Å²) in [6.45, 7) is 1.62. The molecule has 0 radical (unpaired) electrons. The molecule has 1 aromatic rings. The summed E-state index contributed by atoms with van der Waals surface area (Å²) in [5.74, 6) is -1.03. The van der Waals surface area contributed by atoms with Crippen LogP contribution in [0.5, 0.6) is 0 Å². The van der Waals surface area contributed by atoms with E-state index in [-0.39, 0.29) is 36.1 Å². The van der Waals surface area contributed by atoms with E-state index in [1.165, 1.54) is 23.0 Å². The lowest BCUT2D eigenvalue weighted by atomic mass is 9.97. The maximum absolute atomic E-state index is 13.9. The first-order chi connectivity index (χ1) is 12.5. The Hall–Kier alpha value is -2.64. The van der Waals surface area contributed by atoms with Gasteiger partial charge in [-0.2, -0.15) is 0 Å². The second-order valence-electron chi connectivity index (χ2n) is 6.49. The zero-order valence-electron chi connectivity index (χ0n) is 14.7. The molecule has 0 unspecified atom stereocenters. The monoisotopic (exact) mass is 363 g/mol. The number of carbonyl (C=O) groups excluding carboxylic acids is 3. The molecule has 2 fully saturated rings. The summed E-state index contributed by atoms with van der Waals surface area (Å²) in [5.41, 5.74) is 0.228. The van der Waals surface area contributed by atoms with E-state index in [1.54, 1.807) is 23.1 Å². The van der Waals surface area contributed by atoms with E-state index in [0.29, 0.717) is 39.0 Å². The van der Waals surface area contributed by atoms with Gasteiger partial charge in [0.05, 0.1) is 18.7 Å². The number of ether oxygens (including phenoxy) is 1. The van der Waals surface area contributed by atoms with Gasteiger partial charge >= 0.3 is 12.0 Å². The average molecular weight is 363 g/mol. The fraction of sp³-hybridized carbons (Fsp3) is 0.500. The molecule has 2 saturated heterocycles. The van der Waals surface area contributed by atoms with Crippen LogP contribution in [0.25, 0.3) is 0 Å². The number of esters is 1. The second kappa shape index (κ2) is 7.72. The van der Waals surface area contributed by atoms with Crippen molar-refractivity contribution >= 4 is 23.6 Å². The van der Waals surface area contributed by atoms with Gasteiger partial charge < -0.3 is 14.5 Å². The molecule has 0 atom stereocenters. The lowest BCUT2D eigenvalue weighted by molar-refractivity contribution is -0.148. The molecule has 0 spiro atoms. The minimum atomic E-state index is -0.459. The summed E-state index contributed by atoms with van der Waals surface area (Å²) in [6, 6.07) is 5.73. The van der Waals surface area contributed by atoms with Crippen LogP contribution in [-0.4, -0.2) is 67.5 Å². The molecule has 0 N–H and O–H groups in total. The standard InChI is InChI=1S/C18H22FN3O4/c1-26-17(24)13-6-8-20(9-7-13)16(23)12-21-10-11-22(18(21)25)15-5-3-2-4-14(15)19/h2-5,13H,6-12H2,1H3. The number of nitrogens with zero attached hydrogens (tertiary/aromatic N) is 3. The van der Waals surface area contributed by atoms with Gasteiger partial charge in [-0.25, -0.2) is 9.18 Å². The molecule has 3 amide bonds. The normalized spacial score (nSPS) is 18.4. The van der Waals surface area contributed by atoms with Gasteiger partial charge in [0, 0.05) is 26.2 Å². The molecule has 26 heavy (non-hydrogen) atoms. The van der Waals surface area contributed by atoms with Gasteiger partial charge in [-0.3, -0.25) is 14.5 Å². The molecule has 0 aromatic heterocycles. The fourth-order valence-corrected chi connectivity index (χ4v) is 3.42. The van der Waals surface area contributed by atoms with Gasteiger partial charge in [0.1, 0.15) is 12.4 Å². The van der Waals surface area contributed by atoms with E-state index in [2.05, 4.69) is 0 Å². The Bertz CT molecular complexity index is 703. The predicted octanol–water partition coefficient (Wildman–Crippen LogP) is 1.48. The third-order valence-corrected chi connectivity index (χ3v) is 4.95. The predicted molar refractivity (Wildman–Crippen MR) is 92.0 cm³/mol. The fourth-order valence-electron chi connectivity index (χ4n) is 3.42. The molecule has 0 saturated carbocycles. The van der Waals surface area contributed by atoms with Gasteiger partial charge in [0.2, 0.25) is 5.91 Å². The van der Waals surface area contributed by atoms with Crippen LogP contribution >= 0.6 is 0 Å². The number of anilines is 1. The molecule has 2 heterocycles. The van der Waals surface area contributed by atoms with Crippen LogP contribution in [-0.2, 0) is 14.3 Å². The van der Waals surface area contributed by atoms with Crippen molar-refractivity contribution in [1.82, 2.24) is 9.80 Å². The molecule has 2 aliphatic heterocycles. The number of methoxy groups -OCH3 is 1. The number of para-hydroxylation sites is 1. The van der Waals surface area contributed by atoms with Crippen LogP contribution in [0.2, 0.25) is 0 Å². The summed E-state index contributed by atoms with van der Waals surface area (Å²) >= 11 is 0. The van der Waals surface area contributed by atoms with Crippen molar-refractivity contribution in [2.24, 2.45) is 5.92 Å². The Morgan fingerprint density at radius 2 is 1.85 bits per heavy atom.